The van der Waals surface area contributed by atoms with E-state index in [-0.39, 0.29) is 6.42 Å². The Balaban J connectivity index is 1.90. The van der Waals surface area contributed by atoms with E-state index < -0.39 is 29.3 Å². The summed E-state index contributed by atoms with van der Waals surface area (Å²) < 4.78 is 59.8. The van der Waals surface area contributed by atoms with Gasteiger partial charge in [-0.2, -0.15) is 17.6 Å². The summed E-state index contributed by atoms with van der Waals surface area (Å²) in [5.41, 5.74) is -0.278. The minimum Gasteiger partial charge on any atom is -0.421 e. The SMILES string of the molecule is OC1(Cc2ccc3c(c2)OC(F)(F)C(F)(F)O3)CC1. The van der Waals surface area contributed by atoms with Crippen LogP contribution in [0.15, 0.2) is 18.2 Å². The summed E-state index contributed by atoms with van der Waals surface area (Å²) >= 11 is 0. The van der Waals surface area contributed by atoms with E-state index >= 15 is 0 Å². The fourth-order valence-electron chi connectivity index (χ4n) is 1.92. The molecule has 1 fully saturated rings. The highest BCUT2D eigenvalue weighted by molar-refractivity contribution is 5.45. The van der Waals surface area contributed by atoms with Gasteiger partial charge < -0.3 is 14.6 Å². The van der Waals surface area contributed by atoms with E-state index in [0.717, 1.165) is 6.07 Å². The van der Waals surface area contributed by atoms with E-state index in [2.05, 4.69) is 9.47 Å². The van der Waals surface area contributed by atoms with Crippen molar-refractivity contribution in [3.63, 3.8) is 0 Å². The summed E-state index contributed by atoms with van der Waals surface area (Å²) in [6, 6.07) is 3.77. The first-order chi connectivity index (χ1) is 8.71. The standard InChI is InChI=1S/C12H10F4O3/c13-11(14)12(15,16)19-9-5-7(1-2-8(9)18-11)6-10(17)3-4-10/h1-2,5,17H,3-4,6H2. The molecule has 0 bridgehead atoms. The number of hydrogen-bond donors (Lipinski definition) is 1. The first-order valence-electron chi connectivity index (χ1n) is 5.70. The largest absolute Gasteiger partial charge is 0.507 e. The second kappa shape index (κ2) is 3.53. The Morgan fingerprint density at radius 2 is 1.58 bits per heavy atom. The second-order valence-electron chi connectivity index (χ2n) is 4.92. The zero-order valence-electron chi connectivity index (χ0n) is 9.63. The summed E-state index contributed by atoms with van der Waals surface area (Å²) in [5.74, 6) is -0.889. The summed E-state index contributed by atoms with van der Waals surface area (Å²) in [6.07, 6.45) is -7.87. The summed E-state index contributed by atoms with van der Waals surface area (Å²) in [7, 11) is 0. The van der Waals surface area contributed by atoms with Gasteiger partial charge in [0.1, 0.15) is 0 Å². The maximum Gasteiger partial charge on any atom is 0.507 e. The van der Waals surface area contributed by atoms with Crippen molar-refractivity contribution in [1.82, 2.24) is 0 Å². The van der Waals surface area contributed by atoms with Crippen molar-refractivity contribution in [3.05, 3.63) is 23.8 Å². The Morgan fingerprint density at radius 1 is 1.00 bits per heavy atom. The predicted octanol–water partition coefficient (Wildman–Crippen LogP) is 2.71. The van der Waals surface area contributed by atoms with Gasteiger partial charge >= 0.3 is 12.2 Å². The monoisotopic (exact) mass is 278 g/mol. The molecule has 1 aliphatic carbocycles. The van der Waals surface area contributed by atoms with Crippen molar-refractivity contribution in [3.8, 4) is 11.5 Å². The Kier molecular flexibility index (Phi) is 2.33. The third kappa shape index (κ3) is 2.11. The van der Waals surface area contributed by atoms with Gasteiger partial charge in [0.05, 0.1) is 5.60 Å². The van der Waals surface area contributed by atoms with Crippen LogP contribution in [0.1, 0.15) is 18.4 Å². The average Bonchev–Trinajstić information content (AvgIpc) is 2.98. The Bertz CT molecular complexity index is 526. The second-order valence-corrected chi connectivity index (χ2v) is 4.92. The van der Waals surface area contributed by atoms with Gasteiger partial charge in [-0.25, -0.2) is 0 Å². The molecule has 7 heteroatoms. The third-order valence-electron chi connectivity index (χ3n) is 3.18. The molecular weight excluding hydrogens is 268 g/mol. The van der Waals surface area contributed by atoms with E-state index in [1.807, 2.05) is 0 Å². The normalized spacial score (nSPS) is 24.9. The highest BCUT2D eigenvalue weighted by Gasteiger charge is 2.65. The number of ether oxygens (including phenoxy) is 2. The summed E-state index contributed by atoms with van der Waals surface area (Å²) in [4.78, 5) is 0. The van der Waals surface area contributed by atoms with Crippen molar-refractivity contribution in [2.24, 2.45) is 0 Å². The van der Waals surface area contributed by atoms with E-state index in [1.54, 1.807) is 0 Å². The number of alkyl halides is 4. The van der Waals surface area contributed by atoms with Gasteiger partial charge in [0.2, 0.25) is 0 Å². The fraction of sp³-hybridized carbons (Fsp3) is 0.500. The molecule has 0 spiro atoms. The van der Waals surface area contributed by atoms with Crippen molar-refractivity contribution < 1.29 is 32.1 Å². The van der Waals surface area contributed by atoms with Gasteiger partial charge in [0, 0.05) is 6.42 Å². The van der Waals surface area contributed by atoms with E-state index in [1.165, 1.54) is 12.1 Å². The maximum atomic E-state index is 13.0. The van der Waals surface area contributed by atoms with Crippen molar-refractivity contribution in [1.29, 1.82) is 0 Å². The predicted molar refractivity (Wildman–Crippen MR) is 55.5 cm³/mol. The van der Waals surface area contributed by atoms with Gasteiger partial charge in [-0.15, -0.1) is 0 Å². The lowest BCUT2D eigenvalue weighted by Crippen LogP contribution is -2.52. The lowest BCUT2D eigenvalue weighted by Gasteiger charge is -2.32. The first kappa shape index (κ1) is 12.5. The van der Waals surface area contributed by atoms with Crippen LogP contribution in [0, 0.1) is 0 Å². The average molecular weight is 278 g/mol. The molecule has 0 radical (unpaired) electrons. The highest BCUT2D eigenvalue weighted by atomic mass is 19.3. The Morgan fingerprint density at radius 3 is 2.16 bits per heavy atom. The Hall–Kier alpha value is -1.50. The van der Waals surface area contributed by atoms with Crippen LogP contribution in [0.4, 0.5) is 17.6 Å². The fourth-order valence-corrected chi connectivity index (χ4v) is 1.92. The Labute approximate surface area is 105 Å². The molecule has 1 N–H and O–H groups in total. The molecule has 2 aliphatic rings. The van der Waals surface area contributed by atoms with Crippen LogP contribution in [-0.2, 0) is 6.42 Å². The van der Waals surface area contributed by atoms with Crippen molar-refractivity contribution >= 4 is 0 Å². The molecule has 3 rings (SSSR count). The minimum absolute atomic E-state index is 0.269. The van der Waals surface area contributed by atoms with Gasteiger partial charge in [-0.1, -0.05) is 6.07 Å². The van der Waals surface area contributed by atoms with Gasteiger partial charge in [-0.05, 0) is 30.5 Å². The topological polar surface area (TPSA) is 38.7 Å². The van der Waals surface area contributed by atoms with Crippen molar-refractivity contribution in [2.45, 2.75) is 37.1 Å². The molecule has 1 aliphatic heterocycles. The molecule has 1 aromatic rings. The van der Waals surface area contributed by atoms with Gasteiger partial charge in [-0.3, -0.25) is 0 Å². The van der Waals surface area contributed by atoms with Crippen LogP contribution in [0.25, 0.3) is 0 Å². The van der Waals surface area contributed by atoms with Crippen LogP contribution in [0.2, 0.25) is 0 Å². The number of fused-ring (bicyclic) bond motifs is 1. The summed E-state index contributed by atoms with van der Waals surface area (Å²) in [6.45, 7) is 0. The zero-order chi connectivity index (χ0) is 13.9. The van der Waals surface area contributed by atoms with E-state index in [0.29, 0.717) is 18.4 Å². The van der Waals surface area contributed by atoms with Gasteiger partial charge in [0.25, 0.3) is 0 Å². The molecule has 0 unspecified atom stereocenters. The number of rotatable bonds is 2. The minimum atomic E-state index is -4.71. The van der Waals surface area contributed by atoms with Gasteiger partial charge in [0.15, 0.2) is 11.5 Å². The van der Waals surface area contributed by atoms with Crippen LogP contribution < -0.4 is 9.47 Å². The molecule has 19 heavy (non-hydrogen) atoms. The molecular formula is C12H10F4O3. The molecule has 1 aromatic carbocycles. The lowest BCUT2D eigenvalue weighted by atomic mass is 10.1. The van der Waals surface area contributed by atoms with Crippen LogP contribution >= 0.6 is 0 Å². The van der Waals surface area contributed by atoms with Crippen LogP contribution in [-0.4, -0.2) is 22.9 Å². The number of aliphatic hydroxyl groups is 1. The smallest absolute Gasteiger partial charge is 0.421 e. The van der Waals surface area contributed by atoms with E-state index in [4.69, 9.17) is 0 Å². The van der Waals surface area contributed by atoms with Crippen molar-refractivity contribution in [2.75, 3.05) is 0 Å². The third-order valence-corrected chi connectivity index (χ3v) is 3.18. The zero-order valence-corrected chi connectivity index (χ0v) is 9.63. The lowest BCUT2D eigenvalue weighted by molar-refractivity contribution is -0.391. The number of halogens is 4. The summed E-state index contributed by atoms with van der Waals surface area (Å²) in [5, 5.41) is 9.73. The van der Waals surface area contributed by atoms with Crippen LogP contribution in [0.3, 0.4) is 0 Å². The molecule has 1 heterocycles. The van der Waals surface area contributed by atoms with Crippen LogP contribution in [0.5, 0.6) is 11.5 Å². The molecule has 0 saturated heterocycles. The number of benzene rings is 1. The molecule has 104 valence electrons. The highest BCUT2D eigenvalue weighted by Crippen LogP contribution is 2.47. The van der Waals surface area contributed by atoms with E-state index in [9.17, 15) is 22.7 Å². The molecule has 1 saturated carbocycles. The number of hydrogen-bond acceptors (Lipinski definition) is 3. The first-order valence-corrected chi connectivity index (χ1v) is 5.70. The quantitative estimate of drug-likeness (QED) is 0.845. The molecule has 0 amide bonds. The molecule has 0 atom stereocenters. The molecule has 0 aromatic heterocycles. The maximum absolute atomic E-state index is 13.0. The molecule has 3 nitrogen and oxygen atoms in total.